The van der Waals surface area contributed by atoms with Crippen LogP contribution in [0.15, 0.2) is 17.1 Å². The molecule has 160 valence electrons. The van der Waals surface area contributed by atoms with Gasteiger partial charge in [0.05, 0.1) is 45.3 Å². The molecule has 1 aliphatic rings. The highest BCUT2D eigenvalue weighted by Crippen LogP contribution is 2.34. The molecule has 3 N–H and O–H groups in total. The summed E-state index contributed by atoms with van der Waals surface area (Å²) in [7, 11) is 3.16. The quantitative estimate of drug-likeness (QED) is 0.440. The molecular weight excluding hydrogens is 394 g/mol. The first-order chi connectivity index (χ1) is 14.1. The second-order valence-corrected chi connectivity index (χ2v) is 7.76. The molecule has 29 heavy (non-hydrogen) atoms. The Morgan fingerprint density at radius 2 is 1.86 bits per heavy atom. The standard InChI is InChI=1S/C20H29N3O5S/c1-27-17-9-14-3-4-22-20(16(14)10-18(17)28-2)19(11-21)29-13-15(26)12-23(5-7-24)6-8-25/h9-10,15,19,24-26H,3-8,12-13H2,1-2H3. The van der Waals surface area contributed by atoms with Gasteiger partial charge >= 0.3 is 0 Å². The summed E-state index contributed by atoms with van der Waals surface area (Å²) in [6.45, 7) is 1.59. The summed E-state index contributed by atoms with van der Waals surface area (Å²) in [4.78, 5) is 6.38. The molecule has 0 aromatic heterocycles. The van der Waals surface area contributed by atoms with Crippen LogP contribution in [0.1, 0.15) is 11.1 Å². The number of benzene rings is 1. The Morgan fingerprint density at radius 1 is 1.21 bits per heavy atom. The molecule has 0 spiro atoms. The molecule has 0 bridgehead atoms. The maximum atomic E-state index is 10.3. The summed E-state index contributed by atoms with van der Waals surface area (Å²) in [6, 6.07) is 6.08. The number of hydrogen-bond acceptors (Lipinski definition) is 9. The van der Waals surface area contributed by atoms with Crippen molar-refractivity contribution in [2.75, 3.05) is 59.4 Å². The number of aliphatic imine (C=N–C) groups is 1. The number of aliphatic hydroxyl groups is 3. The lowest BCUT2D eigenvalue weighted by atomic mass is 9.95. The first kappa shape index (κ1) is 23.4. The molecule has 1 aromatic rings. The third-order valence-corrected chi connectivity index (χ3v) is 5.91. The highest BCUT2D eigenvalue weighted by molar-refractivity contribution is 8.00. The maximum Gasteiger partial charge on any atom is 0.161 e. The van der Waals surface area contributed by atoms with E-state index in [1.807, 2.05) is 12.1 Å². The summed E-state index contributed by atoms with van der Waals surface area (Å²) in [5, 5.41) is 37.7. The van der Waals surface area contributed by atoms with Crippen LogP contribution >= 0.6 is 11.8 Å². The molecule has 0 aliphatic carbocycles. The van der Waals surface area contributed by atoms with Gasteiger partial charge in [-0.1, -0.05) is 0 Å². The average molecular weight is 424 g/mol. The van der Waals surface area contributed by atoms with Gasteiger partial charge in [-0.2, -0.15) is 5.26 Å². The van der Waals surface area contributed by atoms with Crippen molar-refractivity contribution in [3.8, 4) is 17.6 Å². The van der Waals surface area contributed by atoms with Crippen molar-refractivity contribution in [1.82, 2.24) is 4.90 Å². The molecule has 0 radical (unpaired) electrons. The summed E-state index contributed by atoms with van der Waals surface area (Å²) < 4.78 is 10.8. The molecule has 0 fully saturated rings. The SMILES string of the molecule is COc1cc2c(cc1OC)C(C(C#N)SCC(O)CN(CCO)CCO)=NCC2. The van der Waals surface area contributed by atoms with Crippen molar-refractivity contribution in [3.63, 3.8) is 0 Å². The molecule has 2 unspecified atom stereocenters. The zero-order chi connectivity index (χ0) is 21.2. The molecule has 2 rings (SSSR count). The summed E-state index contributed by atoms with van der Waals surface area (Å²) >= 11 is 1.34. The summed E-state index contributed by atoms with van der Waals surface area (Å²) in [5.41, 5.74) is 2.63. The minimum Gasteiger partial charge on any atom is -0.493 e. The molecule has 9 heteroatoms. The van der Waals surface area contributed by atoms with Crippen LogP contribution in [0.4, 0.5) is 0 Å². The molecule has 0 saturated carbocycles. The van der Waals surface area contributed by atoms with E-state index in [0.29, 0.717) is 49.1 Å². The molecule has 1 aliphatic heterocycles. The van der Waals surface area contributed by atoms with Crippen LogP contribution in [0.5, 0.6) is 11.5 Å². The number of nitrogens with zero attached hydrogens (tertiary/aromatic N) is 3. The van der Waals surface area contributed by atoms with E-state index in [2.05, 4.69) is 11.1 Å². The molecular formula is C20H29N3O5S. The average Bonchev–Trinajstić information content (AvgIpc) is 2.73. The second kappa shape index (κ2) is 12.0. The number of ether oxygens (including phenoxy) is 2. The van der Waals surface area contributed by atoms with Crippen LogP contribution in [0.25, 0.3) is 0 Å². The third-order valence-electron chi connectivity index (χ3n) is 4.67. The lowest BCUT2D eigenvalue weighted by Gasteiger charge is -2.25. The minimum absolute atomic E-state index is 0.0421. The van der Waals surface area contributed by atoms with Gasteiger partial charge in [0.15, 0.2) is 11.5 Å². The van der Waals surface area contributed by atoms with Gasteiger partial charge in [-0.05, 0) is 24.1 Å². The minimum atomic E-state index is -0.692. The van der Waals surface area contributed by atoms with E-state index in [4.69, 9.17) is 19.7 Å². The van der Waals surface area contributed by atoms with E-state index in [0.717, 1.165) is 17.5 Å². The van der Waals surface area contributed by atoms with Crippen molar-refractivity contribution in [2.45, 2.75) is 17.8 Å². The van der Waals surface area contributed by atoms with Crippen molar-refractivity contribution in [3.05, 3.63) is 23.3 Å². The van der Waals surface area contributed by atoms with Crippen LogP contribution in [0, 0.1) is 11.3 Å². The first-order valence-electron chi connectivity index (χ1n) is 9.50. The van der Waals surface area contributed by atoms with Crippen LogP contribution in [-0.4, -0.2) is 96.7 Å². The normalized spacial score (nSPS) is 15.3. The van der Waals surface area contributed by atoms with E-state index < -0.39 is 11.4 Å². The van der Waals surface area contributed by atoms with Crippen molar-refractivity contribution in [1.29, 1.82) is 5.26 Å². The zero-order valence-electron chi connectivity index (χ0n) is 16.9. The van der Waals surface area contributed by atoms with Gasteiger partial charge < -0.3 is 24.8 Å². The van der Waals surface area contributed by atoms with Gasteiger partial charge in [0.25, 0.3) is 0 Å². The lowest BCUT2D eigenvalue weighted by molar-refractivity contribution is 0.0995. The van der Waals surface area contributed by atoms with Gasteiger partial charge in [0, 0.05) is 37.5 Å². The second-order valence-electron chi connectivity index (χ2n) is 6.63. The number of fused-ring (bicyclic) bond motifs is 1. The van der Waals surface area contributed by atoms with E-state index >= 15 is 0 Å². The van der Waals surface area contributed by atoms with Crippen LogP contribution in [-0.2, 0) is 6.42 Å². The molecule has 2 atom stereocenters. The monoisotopic (exact) mass is 423 g/mol. The molecule has 1 aromatic carbocycles. The van der Waals surface area contributed by atoms with Crippen LogP contribution < -0.4 is 9.47 Å². The van der Waals surface area contributed by atoms with Gasteiger partial charge in [-0.3, -0.25) is 9.89 Å². The van der Waals surface area contributed by atoms with E-state index in [1.54, 1.807) is 19.1 Å². The Balaban J connectivity index is 2.09. The van der Waals surface area contributed by atoms with Crippen LogP contribution in [0.2, 0.25) is 0 Å². The summed E-state index contributed by atoms with van der Waals surface area (Å²) in [5.74, 6) is 1.58. The Kier molecular flexibility index (Phi) is 9.70. The first-order valence-corrected chi connectivity index (χ1v) is 10.6. The Morgan fingerprint density at radius 3 is 2.45 bits per heavy atom. The Hall–Kier alpha value is -1.83. The number of thioether (sulfide) groups is 1. The highest BCUT2D eigenvalue weighted by atomic mass is 32.2. The molecule has 1 heterocycles. The van der Waals surface area contributed by atoms with Gasteiger partial charge in [-0.25, -0.2) is 0 Å². The van der Waals surface area contributed by atoms with Gasteiger partial charge in [-0.15, -0.1) is 11.8 Å². The number of rotatable bonds is 12. The van der Waals surface area contributed by atoms with Gasteiger partial charge in [0.2, 0.25) is 0 Å². The van der Waals surface area contributed by atoms with E-state index in [-0.39, 0.29) is 13.2 Å². The fourth-order valence-corrected chi connectivity index (χ4v) is 4.24. The predicted octanol–water partition coefficient (Wildman–Crippen LogP) is 0.322. The van der Waals surface area contributed by atoms with Crippen molar-refractivity contribution < 1.29 is 24.8 Å². The molecule has 0 amide bonds. The Labute approximate surface area is 175 Å². The van der Waals surface area contributed by atoms with E-state index in [1.165, 1.54) is 11.8 Å². The molecule has 8 nitrogen and oxygen atoms in total. The number of hydrogen-bond donors (Lipinski definition) is 3. The topological polar surface area (TPSA) is 119 Å². The smallest absolute Gasteiger partial charge is 0.161 e. The predicted molar refractivity (Wildman–Crippen MR) is 113 cm³/mol. The highest BCUT2D eigenvalue weighted by Gasteiger charge is 2.26. The van der Waals surface area contributed by atoms with E-state index in [9.17, 15) is 10.4 Å². The number of aliphatic hydroxyl groups excluding tert-OH is 3. The van der Waals surface area contributed by atoms with Crippen molar-refractivity contribution >= 4 is 17.5 Å². The molecule has 0 saturated heterocycles. The fraction of sp³-hybridized carbons (Fsp3) is 0.600. The van der Waals surface area contributed by atoms with Crippen LogP contribution in [0.3, 0.4) is 0 Å². The maximum absolute atomic E-state index is 10.3. The lowest BCUT2D eigenvalue weighted by Crippen LogP contribution is -2.38. The largest absolute Gasteiger partial charge is 0.493 e. The fourth-order valence-electron chi connectivity index (χ4n) is 3.29. The number of nitriles is 1. The summed E-state index contributed by atoms with van der Waals surface area (Å²) in [6.07, 6.45) is 0.0741. The van der Waals surface area contributed by atoms with Gasteiger partial charge in [0.1, 0.15) is 5.25 Å². The third kappa shape index (κ3) is 6.32. The Bertz CT molecular complexity index is 732. The number of methoxy groups -OCH3 is 2. The zero-order valence-corrected chi connectivity index (χ0v) is 17.7. The van der Waals surface area contributed by atoms with Crippen molar-refractivity contribution in [2.24, 2.45) is 4.99 Å².